The van der Waals surface area contributed by atoms with Gasteiger partial charge in [-0.2, -0.15) is 0 Å². The van der Waals surface area contributed by atoms with Crippen molar-refractivity contribution in [3.63, 3.8) is 0 Å². The van der Waals surface area contributed by atoms with Gasteiger partial charge in [-0.1, -0.05) is 0 Å². The number of aromatic nitrogens is 3. The van der Waals surface area contributed by atoms with Crippen molar-refractivity contribution in [2.24, 2.45) is 7.05 Å². The number of carbonyl (C=O) groups is 1. The van der Waals surface area contributed by atoms with Crippen LogP contribution in [-0.2, 0) is 7.05 Å². The maximum Gasteiger partial charge on any atom is 0.202 e. The van der Waals surface area contributed by atoms with E-state index in [4.69, 9.17) is 9.72 Å². The van der Waals surface area contributed by atoms with E-state index in [9.17, 15) is 4.79 Å². The van der Waals surface area contributed by atoms with E-state index < -0.39 is 0 Å². The zero-order chi connectivity index (χ0) is 19.0. The van der Waals surface area contributed by atoms with Gasteiger partial charge < -0.3 is 9.30 Å². The second-order valence-corrected chi connectivity index (χ2v) is 7.48. The van der Waals surface area contributed by atoms with E-state index in [1.807, 2.05) is 70.9 Å². The first-order chi connectivity index (χ1) is 13.1. The predicted octanol–water partition coefficient (Wildman–Crippen LogP) is 4.61. The van der Waals surface area contributed by atoms with Crippen molar-refractivity contribution >= 4 is 28.2 Å². The standard InChI is InChI=1S/C21H19N3O2S/c1-14-13-24-18(10-11-19(25)17-5-4-12-23(17)2)20(22-21(24)27-14)15-6-8-16(26-3)9-7-15/h4-13H,1-3H3. The third kappa shape index (κ3) is 3.19. The number of rotatable bonds is 5. The monoisotopic (exact) mass is 377 g/mol. The number of ether oxygens (including phenoxy) is 1. The maximum atomic E-state index is 12.5. The first kappa shape index (κ1) is 17.3. The lowest BCUT2D eigenvalue weighted by molar-refractivity contribution is 0.104. The van der Waals surface area contributed by atoms with Crippen LogP contribution in [0.5, 0.6) is 5.75 Å². The molecule has 0 aliphatic rings. The number of fused-ring (bicyclic) bond motifs is 1. The zero-order valence-electron chi connectivity index (χ0n) is 15.3. The number of methoxy groups -OCH3 is 1. The fourth-order valence-electron chi connectivity index (χ4n) is 3.05. The van der Waals surface area contributed by atoms with Gasteiger partial charge in [0.2, 0.25) is 5.78 Å². The molecular weight excluding hydrogens is 358 g/mol. The molecule has 0 aliphatic heterocycles. The summed E-state index contributed by atoms with van der Waals surface area (Å²) in [5, 5.41) is 0. The van der Waals surface area contributed by atoms with Gasteiger partial charge in [0.25, 0.3) is 0 Å². The SMILES string of the molecule is COc1ccc(-c2nc3sc(C)cn3c2C=CC(=O)c2cccn2C)cc1. The molecule has 0 atom stereocenters. The largest absolute Gasteiger partial charge is 0.497 e. The lowest BCUT2D eigenvalue weighted by atomic mass is 10.1. The number of hydrogen-bond acceptors (Lipinski definition) is 4. The molecule has 0 bridgehead atoms. The van der Waals surface area contributed by atoms with Crippen molar-refractivity contribution in [1.82, 2.24) is 14.0 Å². The number of benzene rings is 1. The number of ketones is 1. The van der Waals surface area contributed by atoms with Crippen LogP contribution in [0.15, 0.2) is 54.9 Å². The zero-order valence-corrected chi connectivity index (χ0v) is 16.2. The molecule has 3 heterocycles. The normalized spacial score (nSPS) is 11.5. The van der Waals surface area contributed by atoms with E-state index in [0.717, 1.165) is 27.7 Å². The summed E-state index contributed by atoms with van der Waals surface area (Å²) in [5.41, 5.74) is 3.37. The number of allylic oxidation sites excluding steroid dienone is 1. The molecule has 5 nitrogen and oxygen atoms in total. The molecule has 27 heavy (non-hydrogen) atoms. The van der Waals surface area contributed by atoms with Crippen LogP contribution in [0, 0.1) is 6.92 Å². The third-order valence-corrected chi connectivity index (χ3v) is 5.33. The summed E-state index contributed by atoms with van der Waals surface area (Å²) in [5.74, 6) is 0.761. The number of carbonyl (C=O) groups excluding carboxylic acids is 1. The summed E-state index contributed by atoms with van der Waals surface area (Å²) in [6, 6.07) is 11.5. The lowest BCUT2D eigenvalue weighted by Gasteiger charge is -2.03. The average Bonchev–Trinajstić information content (AvgIpc) is 3.34. The molecule has 3 aromatic heterocycles. The molecular formula is C21H19N3O2S. The molecule has 136 valence electrons. The smallest absolute Gasteiger partial charge is 0.202 e. The number of thiazole rings is 1. The number of nitrogens with zero attached hydrogens (tertiary/aromatic N) is 3. The van der Waals surface area contributed by atoms with Crippen molar-refractivity contribution in [3.05, 3.63) is 71.1 Å². The summed E-state index contributed by atoms with van der Waals surface area (Å²) in [7, 11) is 3.51. The van der Waals surface area contributed by atoms with E-state index in [0.29, 0.717) is 5.69 Å². The highest BCUT2D eigenvalue weighted by atomic mass is 32.1. The molecule has 6 heteroatoms. The van der Waals surface area contributed by atoms with Crippen LogP contribution in [0.25, 0.3) is 22.3 Å². The van der Waals surface area contributed by atoms with Crippen molar-refractivity contribution in [2.45, 2.75) is 6.92 Å². The van der Waals surface area contributed by atoms with Gasteiger partial charge in [-0.05, 0) is 55.5 Å². The Labute approximate surface area is 161 Å². The van der Waals surface area contributed by atoms with Gasteiger partial charge >= 0.3 is 0 Å². The quantitative estimate of drug-likeness (QED) is 0.377. The van der Waals surface area contributed by atoms with Crippen LogP contribution in [0.2, 0.25) is 0 Å². The molecule has 0 saturated carbocycles. The van der Waals surface area contributed by atoms with Gasteiger partial charge in [0.1, 0.15) is 5.75 Å². The van der Waals surface area contributed by atoms with Gasteiger partial charge in [0.15, 0.2) is 4.96 Å². The first-order valence-electron chi connectivity index (χ1n) is 8.53. The second-order valence-electron chi connectivity index (χ2n) is 6.27. The maximum absolute atomic E-state index is 12.5. The van der Waals surface area contributed by atoms with Crippen LogP contribution in [0.1, 0.15) is 21.1 Å². The summed E-state index contributed by atoms with van der Waals surface area (Å²) < 4.78 is 9.10. The van der Waals surface area contributed by atoms with Crippen LogP contribution in [0.4, 0.5) is 0 Å². The van der Waals surface area contributed by atoms with E-state index in [-0.39, 0.29) is 5.78 Å². The Kier molecular flexibility index (Phi) is 4.41. The van der Waals surface area contributed by atoms with Crippen LogP contribution in [0.3, 0.4) is 0 Å². The number of imidazole rings is 1. The van der Waals surface area contributed by atoms with Gasteiger partial charge in [0, 0.05) is 29.9 Å². The van der Waals surface area contributed by atoms with E-state index in [1.165, 1.54) is 4.88 Å². The number of aryl methyl sites for hydroxylation is 2. The van der Waals surface area contributed by atoms with Crippen molar-refractivity contribution in [1.29, 1.82) is 0 Å². The topological polar surface area (TPSA) is 48.5 Å². The highest BCUT2D eigenvalue weighted by molar-refractivity contribution is 7.17. The number of hydrogen-bond donors (Lipinski definition) is 0. The Morgan fingerprint density at radius 3 is 2.67 bits per heavy atom. The van der Waals surface area contributed by atoms with Crippen molar-refractivity contribution in [3.8, 4) is 17.0 Å². The Morgan fingerprint density at radius 1 is 1.22 bits per heavy atom. The molecule has 0 saturated heterocycles. The Balaban J connectivity index is 1.78. The van der Waals surface area contributed by atoms with Gasteiger partial charge in [-0.15, -0.1) is 11.3 Å². The molecule has 4 aromatic rings. The Hall–Kier alpha value is -3.12. The fraction of sp³-hybridized carbons (Fsp3) is 0.143. The first-order valence-corrected chi connectivity index (χ1v) is 9.35. The fourth-order valence-corrected chi connectivity index (χ4v) is 3.88. The molecule has 0 N–H and O–H groups in total. The minimum atomic E-state index is -0.0370. The van der Waals surface area contributed by atoms with E-state index >= 15 is 0 Å². The molecule has 4 rings (SSSR count). The van der Waals surface area contributed by atoms with Gasteiger partial charge in [-0.3, -0.25) is 9.20 Å². The molecule has 0 aliphatic carbocycles. The molecule has 0 unspecified atom stereocenters. The highest BCUT2D eigenvalue weighted by Crippen LogP contribution is 2.30. The van der Waals surface area contributed by atoms with Crippen molar-refractivity contribution < 1.29 is 9.53 Å². The molecule has 0 spiro atoms. The summed E-state index contributed by atoms with van der Waals surface area (Å²) in [4.78, 5) is 19.4. The van der Waals surface area contributed by atoms with Gasteiger partial charge in [-0.25, -0.2) is 4.98 Å². The Morgan fingerprint density at radius 2 is 2.00 bits per heavy atom. The van der Waals surface area contributed by atoms with Crippen LogP contribution >= 0.6 is 11.3 Å². The summed E-state index contributed by atoms with van der Waals surface area (Å²) in [6.45, 7) is 2.05. The molecule has 0 radical (unpaired) electrons. The highest BCUT2D eigenvalue weighted by Gasteiger charge is 2.15. The van der Waals surface area contributed by atoms with Crippen LogP contribution < -0.4 is 4.74 Å². The summed E-state index contributed by atoms with van der Waals surface area (Å²) >= 11 is 1.63. The Bertz CT molecular complexity index is 1150. The predicted molar refractivity (Wildman–Crippen MR) is 109 cm³/mol. The van der Waals surface area contributed by atoms with Gasteiger partial charge in [0.05, 0.1) is 24.2 Å². The lowest BCUT2D eigenvalue weighted by Crippen LogP contribution is -2.01. The summed E-state index contributed by atoms with van der Waals surface area (Å²) in [6.07, 6.45) is 7.37. The third-order valence-electron chi connectivity index (χ3n) is 4.43. The van der Waals surface area contributed by atoms with Crippen molar-refractivity contribution in [2.75, 3.05) is 7.11 Å². The minimum absolute atomic E-state index is 0.0370. The minimum Gasteiger partial charge on any atom is -0.497 e. The van der Waals surface area contributed by atoms with E-state index in [2.05, 4.69) is 6.92 Å². The van der Waals surface area contributed by atoms with E-state index in [1.54, 1.807) is 24.5 Å². The van der Waals surface area contributed by atoms with Crippen LogP contribution in [-0.4, -0.2) is 26.8 Å². The average molecular weight is 377 g/mol. The molecule has 1 aromatic carbocycles. The second kappa shape index (κ2) is 6.89. The molecule has 0 fully saturated rings. The molecule has 0 amide bonds.